The minimum absolute atomic E-state index is 0.0551. The van der Waals surface area contributed by atoms with Crippen LogP contribution < -0.4 is 10.9 Å². The van der Waals surface area contributed by atoms with Gasteiger partial charge in [-0.15, -0.1) is 0 Å². The maximum absolute atomic E-state index is 12.8. The molecule has 2 aromatic carbocycles. The lowest BCUT2D eigenvalue weighted by Crippen LogP contribution is -2.26. The molecule has 113 valence electrons. The average molecular weight is 327 g/mol. The van der Waals surface area contributed by atoms with Gasteiger partial charge in [0.25, 0.3) is 5.56 Å². The number of hydrogen-bond donors (Lipinski definition) is 2. The quantitative estimate of drug-likeness (QED) is 0.494. The fourth-order valence-electron chi connectivity index (χ4n) is 2.74. The Bertz CT molecular complexity index is 1110. The predicted molar refractivity (Wildman–Crippen MR) is 81.3 cm³/mol. The number of hydrogen-bond acceptors (Lipinski definition) is 4. The molecule has 2 heterocycles. The van der Waals surface area contributed by atoms with Gasteiger partial charge in [-0.1, -0.05) is 18.2 Å². The third kappa shape index (κ3) is 1.85. The number of benzene rings is 2. The smallest absolute Gasteiger partial charge is 0.321 e. The molecule has 0 spiro atoms. The molecule has 0 atom stereocenters. The van der Waals surface area contributed by atoms with Crippen LogP contribution in [-0.4, -0.2) is 25.1 Å². The number of carbonyl (C=O) groups is 1. The van der Waals surface area contributed by atoms with E-state index in [4.69, 9.17) is 0 Å². The minimum Gasteiger partial charge on any atom is -0.321 e. The third-order valence-corrected chi connectivity index (χ3v) is 4.63. The van der Waals surface area contributed by atoms with E-state index in [1.54, 1.807) is 24.3 Å². The van der Waals surface area contributed by atoms with Gasteiger partial charge in [0.2, 0.25) is 5.78 Å². The van der Waals surface area contributed by atoms with E-state index in [1.165, 1.54) is 12.1 Å². The Morgan fingerprint density at radius 1 is 1.13 bits per heavy atom. The van der Waals surface area contributed by atoms with E-state index in [-0.39, 0.29) is 16.7 Å². The van der Waals surface area contributed by atoms with Gasteiger partial charge in [-0.05, 0) is 24.3 Å². The number of carbonyl (C=O) groups excluding carboxylic acids is 1. The molecule has 1 aliphatic rings. The minimum atomic E-state index is -4.71. The summed E-state index contributed by atoms with van der Waals surface area (Å²) in [5.74, 6) is -0.461. The fourth-order valence-corrected chi connectivity index (χ4v) is 3.48. The molecule has 0 bridgehead atoms. The zero-order valence-corrected chi connectivity index (χ0v) is 12.3. The van der Waals surface area contributed by atoms with Crippen molar-refractivity contribution in [3.8, 4) is 5.69 Å². The van der Waals surface area contributed by atoms with Crippen LogP contribution >= 0.6 is 7.60 Å². The van der Waals surface area contributed by atoms with Crippen LogP contribution in [0.25, 0.3) is 16.6 Å². The van der Waals surface area contributed by atoms with Crippen LogP contribution in [-0.2, 0) is 4.57 Å². The highest BCUT2D eigenvalue weighted by atomic mass is 31.2. The molecule has 0 fully saturated rings. The fraction of sp³-hybridized carbons (Fsp3) is 0. The summed E-state index contributed by atoms with van der Waals surface area (Å²) < 4.78 is 12.7. The molecule has 23 heavy (non-hydrogen) atoms. The van der Waals surface area contributed by atoms with Crippen LogP contribution in [0.3, 0.4) is 0 Å². The molecule has 0 saturated carbocycles. The van der Waals surface area contributed by atoms with Crippen molar-refractivity contribution in [2.75, 3.05) is 0 Å². The van der Waals surface area contributed by atoms with Gasteiger partial charge in [-0.2, -0.15) is 0 Å². The van der Waals surface area contributed by atoms with Crippen LogP contribution in [0.4, 0.5) is 0 Å². The molecular formula is C15H8N2O5P. The summed E-state index contributed by atoms with van der Waals surface area (Å²) in [6, 6.07) is 11.6. The van der Waals surface area contributed by atoms with Crippen molar-refractivity contribution in [1.82, 2.24) is 9.55 Å². The first kappa shape index (κ1) is 14.0. The number of nitrogens with zero attached hydrogens (tertiary/aromatic N) is 2. The first-order chi connectivity index (χ1) is 10.9. The highest BCUT2D eigenvalue weighted by molar-refractivity contribution is 7.60. The maximum atomic E-state index is 12.8. The van der Waals surface area contributed by atoms with E-state index in [9.17, 15) is 23.9 Å². The highest BCUT2D eigenvalue weighted by Gasteiger charge is 2.32. The van der Waals surface area contributed by atoms with Crippen LogP contribution in [0.2, 0.25) is 0 Å². The van der Waals surface area contributed by atoms with E-state index in [0.717, 1.165) is 4.57 Å². The number of para-hydroxylation sites is 1. The normalized spacial score (nSPS) is 13.2. The van der Waals surface area contributed by atoms with Crippen LogP contribution in [0.15, 0.2) is 41.2 Å². The van der Waals surface area contributed by atoms with Gasteiger partial charge >= 0.3 is 7.60 Å². The first-order valence-electron chi connectivity index (χ1n) is 6.57. The van der Waals surface area contributed by atoms with Crippen molar-refractivity contribution in [3.63, 3.8) is 0 Å². The molecule has 1 aliphatic heterocycles. The summed E-state index contributed by atoms with van der Waals surface area (Å²) in [5.41, 5.74) is 0.0412. The molecule has 0 saturated heterocycles. The Labute approximate surface area is 129 Å². The Balaban J connectivity index is 2.22. The van der Waals surface area contributed by atoms with Gasteiger partial charge < -0.3 is 9.79 Å². The number of fused-ring (bicyclic) bond motifs is 4. The van der Waals surface area contributed by atoms with Gasteiger partial charge in [-0.3, -0.25) is 18.7 Å². The Morgan fingerprint density at radius 3 is 2.61 bits per heavy atom. The Hall–Kier alpha value is -2.60. The topological polar surface area (TPSA) is 109 Å². The summed E-state index contributed by atoms with van der Waals surface area (Å²) in [6.07, 6.45) is 0. The summed E-state index contributed by atoms with van der Waals surface area (Å²) in [6.45, 7) is 0. The van der Waals surface area contributed by atoms with Gasteiger partial charge in [-0.25, -0.2) is 4.98 Å². The maximum Gasteiger partial charge on any atom is 0.357 e. The molecule has 2 N–H and O–H groups in total. The van der Waals surface area contributed by atoms with E-state index in [1.807, 2.05) is 0 Å². The van der Waals surface area contributed by atoms with E-state index in [0.29, 0.717) is 11.3 Å². The SMILES string of the molecule is O=C1c2ccccc2-n2c1nc1cc[c]c(P(=O)(O)O)c1c2=O. The molecule has 0 amide bonds. The summed E-state index contributed by atoms with van der Waals surface area (Å²) in [7, 11) is -4.71. The molecule has 0 unspecified atom stereocenters. The molecule has 3 aromatic rings. The second kappa shape index (κ2) is 4.45. The Kier molecular flexibility index (Phi) is 2.72. The lowest BCUT2D eigenvalue weighted by Gasteiger charge is -2.09. The van der Waals surface area contributed by atoms with Crippen LogP contribution in [0.5, 0.6) is 0 Å². The first-order valence-corrected chi connectivity index (χ1v) is 8.18. The highest BCUT2D eigenvalue weighted by Crippen LogP contribution is 2.35. The molecule has 1 radical (unpaired) electrons. The predicted octanol–water partition coefficient (Wildman–Crippen LogP) is 0.533. The second-order valence-corrected chi connectivity index (χ2v) is 6.59. The standard InChI is InChI=1S/C15H8N2O5P/c18-13-8-4-1-2-6-10(8)17-14(13)16-9-5-3-7-11(23(20,21)22)12(9)15(17)19/h1-6H,(H2,20,21,22). The van der Waals surface area contributed by atoms with Gasteiger partial charge in [0.15, 0.2) is 5.82 Å². The molecular weight excluding hydrogens is 319 g/mol. The van der Waals surface area contributed by atoms with E-state index < -0.39 is 24.2 Å². The average Bonchev–Trinajstić information content (AvgIpc) is 2.80. The van der Waals surface area contributed by atoms with E-state index in [2.05, 4.69) is 11.1 Å². The van der Waals surface area contributed by atoms with Crippen molar-refractivity contribution in [2.24, 2.45) is 0 Å². The third-order valence-electron chi connectivity index (χ3n) is 3.69. The van der Waals surface area contributed by atoms with Gasteiger partial charge in [0.05, 0.1) is 27.5 Å². The lowest BCUT2D eigenvalue weighted by molar-refractivity contribution is 0.103. The van der Waals surface area contributed by atoms with Crippen molar-refractivity contribution < 1.29 is 19.1 Å². The summed E-state index contributed by atoms with van der Waals surface area (Å²) in [5, 5.41) is -0.742. The molecule has 4 rings (SSSR count). The van der Waals surface area contributed by atoms with Crippen molar-refractivity contribution in [3.05, 3.63) is 64.2 Å². The lowest BCUT2D eigenvalue weighted by atomic mass is 10.1. The summed E-state index contributed by atoms with van der Waals surface area (Å²) >= 11 is 0. The van der Waals surface area contributed by atoms with Crippen molar-refractivity contribution in [2.45, 2.75) is 0 Å². The van der Waals surface area contributed by atoms with Crippen LogP contribution in [0.1, 0.15) is 16.2 Å². The molecule has 8 heteroatoms. The molecule has 7 nitrogen and oxygen atoms in total. The zero-order valence-electron chi connectivity index (χ0n) is 11.4. The number of ketones is 1. The van der Waals surface area contributed by atoms with Gasteiger partial charge in [0.1, 0.15) is 0 Å². The van der Waals surface area contributed by atoms with Gasteiger partial charge in [0, 0.05) is 0 Å². The largest absolute Gasteiger partial charge is 0.357 e. The molecule has 1 aromatic heterocycles. The zero-order chi connectivity index (χ0) is 16.4. The summed E-state index contributed by atoms with van der Waals surface area (Å²) in [4.78, 5) is 48.2. The monoisotopic (exact) mass is 327 g/mol. The Morgan fingerprint density at radius 2 is 1.87 bits per heavy atom. The van der Waals surface area contributed by atoms with Crippen molar-refractivity contribution in [1.29, 1.82) is 0 Å². The molecule has 0 aliphatic carbocycles. The van der Waals surface area contributed by atoms with E-state index >= 15 is 0 Å². The number of rotatable bonds is 1. The number of aromatic nitrogens is 2. The second-order valence-electron chi connectivity index (χ2n) is 5.05. The van der Waals surface area contributed by atoms with Crippen molar-refractivity contribution >= 4 is 29.6 Å². The van der Waals surface area contributed by atoms with Crippen LogP contribution in [0, 0.1) is 6.07 Å².